The number of phosphoric acid groups is 1. The zero-order chi connectivity index (χ0) is 19.6. The van der Waals surface area contributed by atoms with Crippen molar-refractivity contribution in [2.45, 2.75) is 43.6 Å². The van der Waals surface area contributed by atoms with Crippen LogP contribution in [0.2, 0.25) is 0 Å². The zero-order valence-corrected chi connectivity index (χ0v) is 14.3. The number of carbonyl (C=O) groups excluding carboxylic acids is 2. The highest BCUT2D eigenvalue weighted by Gasteiger charge is 2.32. The van der Waals surface area contributed by atoms with Crippen molar-refractivity contribution in [3.8, 4) is 0 Å². The summed E-state index contributed by atoms with van der Waals surface area (Å²) in [7, 11) is -4.90. The molecule has 9 N–H and O–H groups in total. The summed E-state index contributed by atoms with van der Waals surface area (Å²) < 4.78 is 19.0. The summed E-state index contributed by atoms with van der Waals surface area (Å²) in [5.74, 6) is -2.17. The number of ether oxygens (including phenoxy) is 1. The van der Waals surface area contributed by atoms with Crippen molar-refractivity contribution in [3.05, 3.63) is 0 Å². The van der Waals surface area contributed by atoms with Gasteiger partial charge in [0.05, 0.1) is 6.61 Å². The Labute approximate surface area is 144 Å². The smallest absolute Gasteiger partial charge is 0.461 e. The lowest BCUT2D eigenvalue weighted by Gasteiger charge is -2.20. The molecular weight excluding hydrogens is 363 g/mol. The average molecular weight is 388 g/mol. The fraction of sp³-hybridized carbons (Fsp3) is 0.833. The number of unbranched alkanes of at least 4 members (excludes halogenated alkanes) is 1. The maximum Gasteiger partial charge on any atom is 0.469 e. The van der Waals surface area contributed by atoms with Crippen LogP contribution in [0.4, 0.5) is 0 Å². The summed E-state index contributed by atoms with van der Waals surface area (Å²) in [6.07, 6.45) is -4.58. The summed E-state index contributed by atoms with van der Waals surface area (Å²) in [6, 6.07) is -0.957. The van der Waals surface area contributed by atoms with E-state index in [1.165, 1.54) is 0 Å². The lowest BCUT2D eigenvalue weighted by molar-refractivity contribution is -0.155. The molecule has 0 aromatic heterocycles. The van der Waals surface area contributed by atoms with E-state index in [4.69, 9.17) is 21.3 Å². The van der Waals surface area contributed by atoms with E-state index in [9.17, 15) is 29.5 Å². The van der Waals surface area contributed by atoms with Gasteiger partial charge in [0.25, 0.3) is 0 Å². The predicted octanol–water partition coefficient (Wildman–Crippen LogP) is -3.25. The Kier molecular flexibility index (Phi) is 11.2. The quantitative estimate of drug-likeness (QED) is 0.0938. The molecule has 0 aromatic rings. The van der Waals surface area contributed by atoms with Crippen LogP contribution >= 0.6 is 7.82 Å². The second-order valence-electron chi connectivity index (χ2n) is 5.24. The minimum Gasteiger partial charge on any atom is -0.461 e. The first kappa shape index (κ1) is 24.1. The minimum absolute atomic E-state index is 0.307. The number of aliphatic hydroxyl groups excluding tert-OH is 3. The van der Waals surface area contributed by atoms with Gasteiger partial charge in [-0.25, -0.2) is 4.57 Å². The standard InChI is InChI=1S/C12H25N2O10P/c13-4-2-1-3-7(14)12(19)23-5-8(15)10(17)11(18)9(16)6-24-25(20,21)22/h7-9,11,15-16,18H,1-6,13-14H2,(H2,20,21,22)/t7-,8?,9+,11+/m0/s1. The van der Waals surface area contributed by atoms with Gasteiger partial charge in [0.1, 0.15) is 31.0 Å². The van der Waals surface area contributed by atoms with Crippen molar-refractivity contribution in [2.75, 3.05) is 19.8 Å². The van der Waals surface area contributed by atoms with Gasteiger partial charge in [0, 0.05) is 0 Å². The summed E-state index contributed by atoms with van der Waals surface area (Å²) >= 11 is 0. The second kappa shape index (κ2) is 11.6. The number of ketones is 1. The average Bonchev–Trinajstić information content (AvgIpc) is 2.55. The van der Waals surface area contributed by atoms with Crippen molar-refractivity contribution in [1.29, 1.82) is 0 Å². The van der Waals surface area contributed by atoms with E-state index in [1.54, 1.807) is 0 Å². The fourth-order valence-electron chi connectivity index (χ4n) is 1.63. The van der Waals surface area contributed by atoms with Gasteiger partial charge in [-0.1, -0.05) is 6.42 Å². The number of esters is 1. The van der Waals surface area contributed by atoms with Crippen molar-refractivity contribution in [1.82, 2.24) is 0 Å². The lowest BCUT2D eigenvalue weighted by atomic mass is 10.1. The monoisotopic (exact) mass is 388 g/mol. The van der Waals surface area contributed by atoms with Crippen LogP contribution in [0, 0.1) is 0 Å². The van der Waals surface area contributed by atoms with Crippen LogP contribution in [0.5, 0.6) is 0 Å². The molecule has 0 spiro atoms. The van der Waals surface area contributed by atoms with Crippen LogP contribution in [0.15, 0.2) is 0 Å². The molecule has 0 aliphatic carbocycles. The summed E-state index contributed by atoms with van der Waals surface area (Å²) in [5.41, 5.74) is 10.8. The van der Waals surface area contributed by atoms with E-state index in [0.29, 0.717) is 25.8 Å². The number of rotatable bonds is 13. The Hall–Kier alpha value is -0.950. The maximum absolute atomic E-state index is 11.7. The van der Waals surface area contributed by atoms with Gasteiger partial charge >= 0.3 is 13.8 Å². The molecule has 25 heavy (non-hydrogen) atoms. The zero-order valence-electron chi connectivity index (χ0n) is 13.4. The van der Waals surface area contributed by atoms with Crippen molar-refractivity contribution in [3.63, 3.8) is 0 Å². The van der Waals surface area contributed by atoms with Gasteiger partial charge in [-0.3, -0.25) is 14.1 Å². The summed E-state index contributed by atoms with van der Waals surface area (Å²) in [5, 5.41) is 28.5. The molecule has 12 nitrogen and oxygen atoms in total. The van der Waals surface area contributed by atoms with E-state index in [2.05, 4.69) is 9.26 Å². The molecule has 0 heterocycles. The third kappa shape index (κ3) is 10.6. The molecule has 0 aliphatic heterocycles. The molecule has 148 valence electrons. The van der Waals surface area contributed by atoms with E-state index >= 15 is 0 Å². The van der Waals surface area contributed by atoms with Crippen LogP contribution in [0.3, 0.4) is 0 Å². The van der Waals surface area contributed by atoms with Crippen molar-refractivity contribution < 1.29 is 48.5 Å². The number of phosphoric ester groups is 1. The van der Waals surface area contributed by atoms with Gasteiger partial charge in [-0.2, -0.15) is 0 Å². The van der Waals surface area contributed by atoms with Crippen molar-refractivity contribution >= 4 is 19.6 Å². The fourth-order valence-corrected chi connectivity index (χ4v) is 1.97. The molecule has 0 bridgehead atoms. The Bertz CT molecular complexity index is 471. The molecule has 0 radical (unpaired) electrons. The van der Waals surface area contributed by atoms with Crippen molar-refractivity contribution in [2.24, 2.45) is 11.5 Å². The summed E-state index contributed by atoms with van der Waals surface area (Å²) in [6.45, 7) is -1.40. The molecule has 0 aliphatic rings. The van der Waals surface area contributed by atoms with E-state index in [0.717, 1.165) is 0 Å². The second-order valence-corrected chi connectivity index (χ2v) is 6.48. The molecule has 0 saturated heterocycles. The number of carbonyl (C=O) groups is 2. The normalized spacial score (nSPS) is 16.8. The molecule has 13 heteroatoms. The Morgan fingerprint density at radius 2 is 1.68 bits per heavy atom. The highest BCUT2D eigenvalue weighted by atomic mass is 31.2. The topological polar surface area (TPSA) is 223 Å². The first-order valence-corrected chi connectivity index (χ1v) is 8.93. The van der Waals surface area contributed by atoms with Gasteiger partial charge in [0.15, 0.2) is 5.78 Å². The molecule has 0 saturated carbocycles. The van der Waals surface area contributed by atoms with Crippen LogP contribution in [0.1, 0.15) is 19.3 Å². The highest BCUT2D eigenvalue weighted by molar-refractivity contribution is 7.46. The number of hydrogen-bond donors (Lipinski definition) is 7. The van der Waals surface area contributed by atoms with Crippen LogP contribution in [-0.4, -0.2) is 81.0 Å². The third-order valence-electron chi connectivity index (χ3n) is 3.05. The maximum atomic E-state index is 11.7. The van der Waals surface area contributed by atoms with Crippen LogP contribution < -0.4 is 11.5 Å². The number of Topliss-reactive ketones (excluding diaryl/α,β-unsaturated/α-hetero) is 1. The molecule has 0 rings (SSSR count). The first-order valence-electron chi connectivity index (χ1n) is 7.40. The SMILES string of the molecule is NCCCC[C@H](N)C(=O)OCC(O)C(=O)[C@H](O)[C@H](O)COP(=O)(O)O. The van der Waals surface area contributed by atoms with Gasteiger partial charge < -0.3 is 41.3 Å². The van der Waals surface area contributed by atoms with Crippen LogP contribution in [-0.2, 0) is 23.4 Å². The van der Waals surface area contributed by atoms with Gasteiger partial charge in [-0.15, -0.1) is 0 Å². The Morgan fingerprint density at radius 1 is 1.08 bits per heavy atom. The molecule has 0 amide bonds. The molecule has 0 aromatic carbocycles. The Morgan fingerprint density at radius 3 is 2.20 bits per heavy atom. The van der Waals surface area contributed by atoms with Gasteiger partial charge in [-0.05, 0) is 19.4 Å². The highest BCUT2D eigenvalue weighted by Crippen LogP contribution is 2.35. The lowest BCUT2D eigenvalue weighted by Crippen LogP contribution is -2.45. The molecular formula is C12H25N2O10P. The van der Waals surface area contributed by atoms with Gasteiger partial charge in [0.2, 0.25) is 0 Å². The largest absolute Gasteiger partial charge is 0.469 e. The molecule has 4 atom stereocenters. The van der Waals surface area contributed by atoms with E-state index in [-0.39, 0.29) is 0 Å². The Balaban J connectivity index is 4.31. The third-order valence-corrected chi connectivity index (χ3v) is 3.54. The first-order chi connectivity index (χ1) is 11.5. The van der Waals surface area contributed by atoms with E-state index < -0.39 is 57.1 Å². The molecule has 1 unspecified atom stereocenters. The minimum atomic E-state index is -4.90. The number of nitrogens with two attached hydrogens (primary N) is 2. The number of aliphatic hydroxyl groups is 3. The van der Waals surface area contributed by atoms with Crippen LogP contribution in [0.25, 0.3) is 0 Å². The number of hydrogen-bond acceptors (Lipinski definition) is 10. The summed E-state index contributed by atoms with van der Waals surface area (Å²) in [4.78, 5) is 40.1. The molecule has 0 fully saturated rings. The van der Waals surface area contributed by atoms with E-state index in [1.807, 2.05) is 0 Å². The predicted molar refractivity (Wildman–Crippen MR) is 82.9 cm³/mol.